The molecule has 0 amide bonds. The van der Waals surface area contributed by atoms with Gasteiger partial charge >= 0.3 is 0 Å². The van der Waals surface area contributed by atoms with Crippen LogP contribution in [-0.2, 0) is 16.1 Å². The third kappa shape index (κ3) is 3.77. The Bertz CT molecular complexity index is 1190. The van der Waals surface area contributed by atoms with Crippen molar-refractivity contribution in [3.63, 3.8) is 0 Å². The number of ketones is 2. The van der Waals surface area contributed by atoms with Crippen molar-refractivity contribution in [3.8, 4) is 0 Å². The van der Waals surface area contributed by atoms with Crippen molar-refractivity contribution in [2.45, 2.75) is 72.0 Å². The number of carbonyl (C=O) groups excluding carboxylic acids is 2. The van der Waals surface area contributed by atoms with E-state index >= 15 is 0 Å². The van der Waals surface area contributed by atoms with Crippen molar-refractivity contribution >= 4 is 34.4 Å². The van der Waals surface area contributed by atoms with Crippen LogP contribution in [0.25, 0.3) is 5.57 Å². The number of anilines is 1. The molecule has 2 fully saturated rings. The SMILES string of the molecule is CC1(C)CC2C(=C(c3ccc(Cl)cc3)C3C(=O)CCCC3N2c2ccc(CN)cc2)C(=O)C1(C)C. The average Bonchev–Trinajstić information content (AvgIpc) is 2.83. The highest BCUT2D eigenvalue weighted by molar-refractivity contribution is 6.30. The molecule has 5 rings (SSSR count). The molecule has 0 spiro atoms. The van der Waals surface area contributed by atoms with Crippen molar-refractivity contribution < 1.29 is 9.59 Å². The third-order valence-electron chi connectivity index (χ3n) is 9.12. The average molecular weight is 491 g/mol. The molecule has 2 aromatic rings. The van der Waals surface area contributed by atoms with Crippen molar-refractivity contribution in [1.82, 2.24) is 0 Å². The molecule has 1 heterocycles. The standard InChI is InChI=1S/C30H35ClN2O2/c1-29(2)16-23-27(28(35)30(29,3)4)25(19-10-12-20(31)13-11-19)26-22(6-5-7-24(26)34)33(23)21-14-8-18(17-32)9-15-21/h8-15,22-23,26H,5-7,16-17,32H2,1-4H3. The molecule has 2 N–H and O–H groups in total. The molecule has 1 aliphatic heterocycles. The summed E-state index contributed by atoms with van der Waals surface area (Å²) in [6.45, 7) is 9.02. The van der Waals surface area contributed by atoms with Gasteiger partial charge in [0.15, 0.2) is 5.78 Å². The van der Waals surface area contributed by atoms with Crippen LogP contribution in [0, 0.1) is 16.7 Å². The number of rotatable bonds is 3. The number of nitrogens with zero attached hydrogens (tertiary/aromatic N) is 1. The molecule has 0 saturated heterocycles. The van der Waals surface area contributed by atoms with E-state index in [-0.39, 0.29) is 35.0 Å². The number of Topliss-reactive ketones (excluding diaryl/α,β-unsaturated/α-hetero) is 2. The second-order valence-electron chi connectivity index (χ2n) is 11.6. The lowest BCUT2D eigenvalue weighted by molar-refractivity contribution is -0.133. The molecule has 0 radical (unpaired) electrons. The minimum absolute atomic E-state index is 0.0178. The molecule has 0 aromatic heterocycles. The van der Waals surface area contributed by atoms with Gasteiger partial charge in [0.1, 0.15) is 5.78 Å². The maximum atomic E-state index is 14.4. The molecule has 3 unspecified atom stereocenters. The summed E-state index contributed by atoms with van der Waals surface area (Å²) in [5.41, 5.74) is 9.95. The lowest BCUT2D eigenvalue weighted by Gasteiger charge is -2.58. The van der Waals surface area contributed by atoms with Gasteiger partial charge in [-0.25, -0.2) is 0 Å². The van der Waals surface area contributed by atoms with Crippen LogP contribution in [0.5, 0.6) is 0 Å². The van der Waals surface area contributed by atoms with Gasteiger partial charge in [-0.1, -0.05) is 63.6 Å². The van der Waals surface area contributed by atoms with E-state index in [1.807, 2.05) is 24.3 Å². The fraction of sp³-hybridized carbons (Fsp3) is 0.467. The first kappa shape index (κ1) is 24.3. The fourth-order valence-electron chi connectivity index (χ4n) is 6.39. The summed E-state index contributed by atoms with van der Waals surface area (Å²) in [6, 6.07) is 16.0. The number of halogens is 1. The Morgan fingerprint density at radius 1 is 0.971 bits per heavy atom. The van der Waals surface area contributed by atoms with Crippen molar-refractivity contribution in [3.05, 3.63) is 70.3 Å². The summed E-state index contributed by atoms with van der Waals surface area (Å²) in [7, 11) is 0. The van der Waals surface area contributed by atoms with Crippen LogP contribution in [-0.4, -0.2) is 23.7 Å². The summed E-state index contributed by atoms with van der Waals surface area (Å²) in [4.78, 5) is 30.4. The number of hydrogen-bond acceptors (Lipinski definition) is 4. The van der Waals surface area contributed by atoms with Gasteiger partial charge in [0.25, 0.3) is 0 Å². The summed E-state index contributed by atoms with van der Waals surface area (Å²) in [5, 5.41) is 0.649. The zero-order valence-corrected chi connectivity index (χ0v) is 21.9. The van der Waals surface area contributed by atoms with E-state index in [2.05, 4.69) is 56.9 Å². The Balaban J connectivity index is 1.79. The molecule has 0 bridgehead atoms. The number of benzene rings is 2. The molecular formula is C30H35ClN2O2. The van der Waals surface area contributed by atoms with Crippen LogP contribution in [0.4, 0.5) is 5.69 Å². The minimum Gasteiger partial charge on any atom is -0.360 e. The van der Waals surface area contributed by atoms with E-state index in [9.17, 15) is 9.59 Å². The van der Waals surface area contributed by atoms with Crippen LogP contribution in [0.15, 0.2) is 54.1 Å². The van der Waals surface area contributed by atoms with Crippen LogP contribution in [0.1, 0.15) is 64.5 Å². The normalized spacial score (nSPS) is 27.5. The lowest BCUT2D eigenvalue weighted by Crippen LogP contribution is -2.62. The predicted octanol–water partition coefficient (Wildman–Crippen LogP) is 6.20. The Hall–Kier alpha value is -2.43. The first-order chi connectivity index (χ1) is 16.6. The first-order valence-electron chi connectivity index (χ1n) is 12.7. The van der Waals surface area contributed by atoms with Gasteiger partial charge in [0, 0.05) is 40.7 Å². The van der Waals surface area contributed by atoms with Crippen LogP contribution >= 0.6 is 11.6 Å². The van der Waals surface area contributed by atoms with E-state index in [1.54, 1.807) is 0 Å². The minimum atomic E-state index is -0.545. The zero-order valence-electron chi connectivity index (χ0n) is 21.1. The van der Waals surface area contributed by atoms with E-state index in [1.165, 1.54) is 0 Å². The molecule has 3 atom stereocenters. The Morgan fingerprint density at radius 3 is 2.26 bits per heavy atom. The highest BCUT2D eigenvalue weighted by Gasteiger charge is 2.58. The molecule has 2 aromatic carbocycles. The Kier molecular flexibility index (Phi) is 5.96. The molecule has 4 nitrogen and oxygen atoms in total. The summed E-state index contributed by atoms with van der Waals surface area (Å²) in [5.74, 6) is 0.0617. The number of hydrogen-bond donors (Lipinski definition) is 1. The van der Waals surface area contributed by atoms with E-state index < -0.39 is 5.41 Å². The molecule has 184 valence electrons. The maximum absolute atomic E-state index is 14.4. The largest absolute Gasteiger partial charge is 0.360 e. The third-order valence-corrected chi connectivity index (χ3v) is 9.37. The maximum Gasteiger partial charge on any atom is 0.167 e. The van der Waals surface area contributed by atoms with Gasteiger partial charge in [-0.15, -0.1) is 0 Å². The summed E-state index contributed by atoms with van der Waals surface area (Å²) < 4.78 is 0. The Morgan fingerprint density at radius 2 is 1.63 bits per heavy atom. The van der Waals surface area contributed by atoms with Gasteiger partial charge in [-0.2, -0.15) is 0 Å². The van der Waals surface area contributed by atoms with Gasteiger partial charge in [0.05, 0.1) is 12.0 Å². The second kappa shape index (κ2) is 8.60. The summed E-state index contributed by atoms with van der Waals surface area (Å²) >= 11 is 6.23. The topological polar surface area (TPSA) is 63.4 Å². The highest BCUT2D eigenvalue weighted by atomic mass is 35.5. The molecule has 35 heavy (non-hydrogen) atoms. The predicted molar refractivity (Wildman–Crippen MR) is 142 cm³/mol. The van der Waals surface area contributed by atoms with E-state index in [4.69, 9.17) is 17.3 Å². The Labute approximate surface area is 213 Å². The van der Waals surface area contributed by atoms with E-state index in [0.717, 1.165) is 47.2 Å². The van der Waals surface area contributed by atoms with Gasteiger partial charge < -0.3 is 10.6 Å². The molecule has 2 saturated carbocycles. The first-order valence-corrected chi connectivity index (χ1v) is 13.1. The molecule has 3 aliphatic rings. The highest BCUT2D eigenvalue weighted by Crippen LogP contribution is 2.57. The van der Waals surface area contributed by atoms with Gasteiger partial charge in [0.2, 0.25) is 0 Å². The second-order valence-corrected chi connectivity index (χ2v) is 12.0. The number of nitrogens with two attached hydrogens (primary N) is 1. The zero-order chi connectivity index (χ0) is 25.1. The van der Waals surface area contributed by atoms with Crippen molar-refractivity contribution in [2.24, 2.45) is 22.5 Å². The number of fused-ring (bicyclic) bond motifs is 2. The van der Waals surface area contributed by atoms with Gasteiger partial charge in [-0.05, 0) is 65.6 Å². The van der Waals surface area contributed by atoms with Gasteiger partial charge in [-0.3, -0.25) is 9.59 Å². The van der Waals surface area contributed by atoms with Crippen molar-refractivity contribution in [2.75, 3.05) is 4.90 Å². The quantitative estimate of drug-likeness (QED) is 0.556. The smallest absolute Gasteiger partial charge is 0.167 e. The molecule has 2 aliphatic carbocycles. The van der Waals surface area contributed by atoms with Crippen LogP contribution < -0.4 is 10.6 Å². The lowest BCUT2D eigenvalue weighted by atomic mass is 9.53. The number of carbonyl (C=O) groups is 2. The van der Waals surface area contributed by atoms with Crippen LogP contribution in [0.3, 0.4) is 0 Å². The van der Waals surface area contributed by atoms with E-state index in [0.29, 0.717) is 18.0 Å². The fourth-order valence-corrected chi connectivity index (χ4v) is 6.52. The molecule has 5 heteroatoms. The molecular weight excluding hydrogens is 456 g/mol. The van der Waals surface area contributed by atoms with Crippen LogP contribution in [0.2, 0.25) is 5.02 Å². The monoisotopic (exact) mass is 490 g/mol. The summed E-state index contributed by atoms with van der Waals surface area (Å²) in [6.07, 6.45) is 3.19. The van der Waals surface area contributed by atoms with Crippen molar-refractivity contribution in [1.29, 1.82) is 0 Å².